The van der Waals surface area contributed by atoms with Gasteiger partial charge in [-0.15, -0.1) is 0 Å². The van der Waals surface area contributed by atoms with Crippen molar-refractivity contribution in [1.82, 2.24) is 30.0 Å². The number of nitrogens with zero attached hydrogens (tertiary/aromatic N) is 4. The Balaban J connectivity index is 1.68. The van der Waals surface area contributed by atoms with Crippen LogP contribution in [-0.2, 0) is 7.05 Å². The summed E-state index contributed by atoms with van der Waals surface area (Å²) in [5, 5.41) is 8.00. The molecule has 2 N–H and O–H groups in total. The van der Waals surface area contributed by atoms with Crippen LogP contribution in [-0.4, -0.2) is 36.9 Å². The minimum Gasteiger partial charge on any atom is -0.406 e. The van der Waals surface area contributed by atoms with E-state index in [2.05, 4.69) is 32.3 Å². The number of aryl methyl sites for hydroxylation is 1. The zero-order valence-corrected chi connectivity index (χ0v) is 16.4. The molecular formula is C20H21FN6O2. The van der Waals surface area contributed by atoms with Crippen molar-refractivity contribution in [3.8, 4) is 17.1 Å². The topological polar surface area (TPSA) is 97.7 Å². The summed E-state index contributed by atoms with van der Waals surface area (Å²) in [7, 11) is 1.74. The van der Waals surface area contributed by atoms with E-state index in [1.54, 1.807) is 30.2 Å². The number of hydrogen-bond donors (Lipinski definition) is 2. The van der Waals surface area contributed by atoms with Crippen molar-refractivity contribution in [1.29, 1.82) is 0 Å². The van der Waals surface area contributed by atoms with E-state index in [-0.39, 0.29) is 17.6 Å². The number of benzene rings is 1. The van der Waals surface area contributed by atoms with Crippen LogP contribution in [0.2, 0.25) is 0 Å². The average Bonchev–Trinajstić information content (AvgIpc) is 3.22. The molecule has 0 aliphatic rings. The highest BCUT2D eigenvalue weighted by atomic mass is 19.1. The Morgan fingerprint density at radius 2 is 2.24 bits per heavy atom. The standard InChI is InChI=1S/C20H21FN6O2/c1-4-5-11(2)24-20(28)29-16-10-23-19-18(16)25-14(9-22-19)17-13-7-6-12(21)8-15(13)27(3)26-17/h6-11H,4-5H2,1-3H3,(H,22,23)(H,24,28). The highest BCUT2D eigenvalue weighted by molar-refractivity contribution is 5.93. The van der Waals surface area contributed by atoms with Crippen LogP contribution >= 0.6 is 0 Å². The lowest BCUT2D eigenvalue weighted by molar-refractivity contribution is 0.196. The zero-order chi connectivity index (χ0) is 20.5. The van der Waals surface area contributed by atoms with Gasteiger partial charge in [-0.3, -0.25) is 4.68 Å². The van der Waals surface area contributed by atoms with Gasteiger partial charge in [0.15, 0.2) is 16.9 Å². The molecule has 4 aromatic rings. The van der Waals surface area contributed by atoms with Crippen molar-refractivity contribution in [3.05, 3.63) is 36.4 Å². The van der Waals surface area contributed by atoms with Gasteiger partial charge in [0.2, 0.25) is 0 Å². The number of carbonyl (C=O) groups is 1. The average molecular weight is 396 g/mol. The number of rotatable bonds is 5. The fraction of sp³-hybridized carbons (Fsp3) is 0.300. The Morgan fingerprint density at radius 1 is 1.41 bits per heavy atom. The molecule has 8 nitrogen and oxygen atoms in total. The van der Waals surface area contributed by atoms with Crippen LogP contribution in [0, 0.1) is 5.82 Å². The normalized spacial score (nSPS) is 12.4. The summed E-state index contributed by atoms with van der Waals surface area (Å²) in [6.45, 7) is 3.98. The van der Waals surface area contributed by atoms with E-state index in [0.29, 0.717) is 28.1 Å². The van der Waals surface area contributed by atoms with E-state index >= 15 is 0 Å². The summed E-state index contributed by atoms with van der Waals surface area (Å²) in [6, 6.07) is 4.48. The molecule has 150 valence electrons. The van der Waals surface area contributed by atoms with E-state index in [1.165, 1.54) is 12.1 Å². The largest absolute Gasteiger partial charge is 0.412 e. The second-order valence-electron chi connectivity index (χ2n) is 6.96. The number of aromatic nitrogens is 5. The van der Waals surface area contributed by atoms with Gasteiger partial charge in [-0.05, 0) is 31.5 Å². The summed E-state index contributed by atoms with van der Waals surface area (Å²) in [5.41, 5.74) is 2.63. The molecule has 0 spiro atoms. The first-order chi connectivity index (χ1) is 14.0. The summed E-state index contributed by atoms with van der Waals surface area (Å²) < 4.78 is 20.6. The maximum Gasteiger partial charge on any atom is 0.412 e. The number of carbonyl (C=O) groups excluding carboxylic acids is 1. The molecule has 0 aliphatic heterocycles. The number of hydrogen-bond acceptors (Lipinski definition) is 5. The smallest absolute Gasteiger partial charge is 0.406 e. The Hall–Kier alpha value is -3.49. The summed E-state index contributed by atoms with van der Waals surface area (Å²) in [5.74, 6) is -0.0555. The molecule has 1 amide bonds. The van der Waals surface area contributed by atoms with E-state index in [1.807, 2.05) is 6.92 Å². The Kier molecular flexibility index (Phi) is 4.87. The SMILES string of the molecule is CCCC(C)NC(=O)Oc1c[nH]c2ncc(-c3nn(C)c4cc(F)ccc34)nc12. The minimum absolute atomic E-state index is 0.0135. The third-order valence-electron chi connectivity index (χ3n) is 4.69. The molecule has 0 radical (unpaired) electrons. The molecule has 9 heteroatoms. The number of nitrogens with one attached hydrogen (secondary N) is 2. The van der Waals surface area contributed by atoms with Crippen molar-refractivity contribution in [3.63, 3.8) is 0 Å². The fourth-order valence-corrected chi connectivity index (χ4v) is 3.32. The lowest BCUT2D eigenvalue weighted by Crippen LogP contribution is -2.34. The van der Waals surface area contributed by atoms with Crippen LogP contribution in [0.25, 0.3) is 33.5 Å². The Bertz CT molecular complexity index is 1200. The molecule has 1 aromatic carbocycles. The van der Waals surface area contributed by atoms with Gasteiger partial charge in [-0.2, -0.15) is 5.10 Å². The van der Waals surface area contributed by atoms with Crippen molar-refractivity contribution >= 4 is 28.2 Å². The van der Waals surface area contributed by atoms with Gasteiger partial charge in [0.25, 0.3) is 0 Å². The van der Waals surface area contributed by atoms with Crippen LogP contribution in [0.1, 0.15) is 26.7 Å². The van der Waals surface area contributed by atoms with Gasteiger partial charge in [-0.25, -0.2) is 19.2 Å². The van der Waals surface area contributed by atoms with Gasteiger partial charge in [0.1, 0.15) is 17.2 Å². The molecule has 0 aliphatic carbocycles. The number of halogens is 1. The third kappa shape index (κ3) is 3.63. The molecule has 4 rings (SSSR count). The van der Waals surface area contributed by atoms with Crippen LogP contribution in [0.3, 0.4) is 0 Å². The van der Waals surface area contributed by atoms with Crippen LogP contribution in [0.5, 0.6) is 5.75 Å². The molecule has 0 bridgehead atoms. The second kappa shape index (κ2) is 7.50. The molecule has 3 heterocycles. The molecule has 0 saturated carbocycles. The van der Waals surface area contributed by atoms with Crippen LogP contribution in [0.4, 0.5) is 9.18 Å². The summed E-state index contributed by atoms with van der Waals surface area (Å²) in [6.07, 6.45) is 4.41. The van der Waals surface area contributed by atoms with Gasteiger partial charge in [-0.1, -0.05) is 13.3 Å². The third-order valence-corrected chi connectivity index (χ3v) is 4.69. The van der Waals surface area contributed by atoms with Crippen molar-refractivity contribution < 1.29 is 13.9 Å². The Labute approximate surface area is 166 Å². The highest BCUT2D eigenvalue weighted by Gasteiger charge is 2.17. The molecule has 29 heavy (non-hydrogen) atoms. The van der Waals surface area contributed by atoms with Gasteiger partial charge in [0, 0.05) is 24.7 Å². The van der Waals surface area contributed by atoms with Crippen molar-refractivity contribution in [2.24, 2.45) is 7.05 Å². The summed E-state index contributed by atoms with van der Waals surface area (Å²) in [4.78, 5) is 24.1. The molecule has 0 fully saturated rings. The predicted octanol–water partition coefficient (Wildman–Crippen LogP) is 3.93. The molecule has 1 unspecified atom stereocenters. The van der Waals surface area contributed by atoms with Crippen LogP contribution < -0.4 is 10.1 Å². The van der Waals surface area contributed by atoms with Gasteiger partial charge < -0.3 is 15.0 Å². The Morgan fingerprint density at radius 3 is 3.03 bits per heavy atom. The van der Waals surface area contributed by atoms with Gasteiger partial charge >= 0.3 is 6.09 Å². The first kappa shape index (κ1) is 18.9. The van der Waals surface area contributed by atoms with Gasteiger partial charge in [0.05, 0.1) is 11.7 Å². The lowest BCUT2D eigenvalue weighted by atomic mass is 10.1. The number of fused-ring (bicyclic) bond motifs is 2. The highest BCUT2D eigenvalue weighted by Crippen LogP contribution is 2.29. The maximum atomic E-state index is 13.6. The van der Waals surface area contributed by atoms with Crippen molar-refractivity contribution in [2.75, 3.05) is 0 Å². The molecular weight excluding hydrogens is 375 g/mol. The molecule has 1 atom stereocenters. The minimum atomic E-state index is -0.544. The van der Waals surface area contributed by atoms with E-state index in [9.17, 15) is 9.18 Å². The quantitative estimate of drug-likeness (QED) is 0.533. The molecule has 0 saturated heterocycles. The first-order valence-corrected chi connectivity index (χ1v) is 9.41. The monoisotopic (exact) mass is 396 g/mol. The van der Waals surface area contributed by atoms with E-state index in [4.69, 9.17) is 4.74 Å². The lowest BCUT2D eigenvalue weighted by Gasteiger charge is -2.12. The molecule has 3 aromatic heterocycles. The summed E-state index contributed by atoms with van der Waals surface area (Å²) >= 11 is 0. The number of H-pyrrole nitrogens is 1. The first-order valence-electron chi connectivity index (χ1n) is 9.41. The van der Waals surface area contributed by atoms with E-state index < -0.39 is 6.09 Å². The fourth-order valence-electron chi connectivity index (χ4n) is 3.32. The van der Waals surface area contributed by atoms with E-state index in [0.717, 1.165) is 18.2 Å². The zero-order valence-electron chi connectivity index (χ0n) is 16.4. The maximum absolute atomic E-state index is 13.6. The number of aromatic amines is 1. The van der Waals surface area contributed by atoms with Crippen molar-refractivity contribution in [2.45, 2.75) is 32.7 Å². The second-order valence-corrected chi connectivity index (χ2v) is 6.96. The number of amides is 1. The number of ether oxygens (including phenoxy) is 1. The predicted molar refractivity (Wildman–Crippen MR) is 107 cm³/mol. The van der Waals surface area contributed by atoms with Crippen LogP contribution in [0.15, 0.2) is 30.6 Å².